The van der Waals surface area contributed by atoms with Crippen molar-refractivity contribution in [3.05, 3.63) is 119 Å². The lowest BCUT2D eigenvalue weighted by Gasteiger charge is -2.39. The number of aliphatic hydroxyl groups is 1. The largest absolute Gasteiger partial charge is 0.481 e. The van der Waals surface area contributed by atoms with Crippen molar-refractivity contribution in [3.8, 4) is 17.0 Å². The second-order valence-corrected chi connectivity index (χ2v) is 9.17. The van der Waals surface area contributed by atoms with Gasteiger partial charge in [-0.25, -0.2) is 13.8 Å². The molecule has 6 heteroatoms. The number of nitrogens with zero attached hydrogens (tertiary/aromatic N) is 2. The maximum absolute atomic E-state index is 14.5. The summed E-state index contributed by atoms with van der Waals surface area (Å²) in [7, 11) is 5.31. The van der Waals surface area contributed by atoms with Crippen molar-refractivity contribution in [2.45, 2.75) is 17.9 Å². The van der Waals surface area contributed by atoms with Gasteiger partial charge in [0.15, 0.2) is 0 Å². The van der Waals surface area contributed by atoms with Gasteiger partial charge < -0.3 is 14.7 Å². The lowest BCUT2D eigenvalue weighted by Crippen LogP contribution is -2.38. The Kier molecular flexibility index (Phi) is 7.77. The van der Waals surface area contributed by atoms with Crippen molar-refractivity contribution in [1.29, 1.82) is 0 Å². The summed E-state index contributed by atoms with van der Waals surface area (Å²) in [6.45, 7) is 0.478. The molecule has 0 fully saturated rings. The monoisotopic (exact) mass is 488 g/mol. The molecule has 4 aromatic rings. The normalized spacial score (nSPS) is 13.9. The molecule has 0 aliphatic heterocycles. The number of hydrogen-bond acceptors (Lipinski definition) is 4. The summed E-state index contributed by atoms with van der Waals surface area (Å²) in [5, 5.41) is 12.5. The summed E-state index contributed by atoms with van der Waals surface area (Å²) >= 11 is 0. The number of rotatable bonds is 9. The zero-order chi connectivity index (χ0) is 25.7. The molecule has 3 aromatic carbocycles. The quantitative estimate of drug-likeness (QED) is 0.314. The third kappa shape index (κ3) is 5.45. The molecule has 4 nitrogen and oxygen atoms in total. The minimum atomic E-state index is -1.68. The Morgan fingerprint density at radius 2 is 1.50 bits per heavy atom. The average molecular weight is 489 g/mol. The zero-order valence-corrected chi connectivity index (χ0v) is 20.7. The summed E-state index contributed by atoms with van der Waals surface area (Å²) in [6.07, 6.45) is 1.93. The summed E-state index contributed by atoms with van der Waals surface area (Å²) in [4.78, 5) is 6.49. The maximum Gasteiger partial charge on any atom is 0.217 e. The van der Waals surface area contributed by atoms with Crippen LogP contribution in [0.1, 0.15) is 29.0 Å². The number of pyridine rings is 1. The van der Waals surface area contributed by atoms with Crippen LogP contribution in [-0.4, -0.2) is 42.7 Å². The molecule has 0 aliphatic rings. The molecule has 1 heterocycles. The molecule has 36 heavy (non-hydrogen) atoms. The summed E-state index contributed by atoms with van der Waals surface area (Å²) in [5.41, 5.74) is 1.66. The standard InChI is InChI=1S/C30H30F2N2O2/c1-34(2)15-14-30(35,24-17-25(31)19-26(32)18-24)28(22-12-8-5-9-13-22)27-16-23(20-33-29(27)36-3)21-10-6-4-7-11-21/h4-13,16-20,28,35H,14-15H2,1-3H3/t28-,30-/m1/s1. The molecule has 0 spiro atoms. The molecular formula is C30H30F2N2O2. The Morgan fingerprint density at radius 1 is 0.889 bits per heavy atom. The SMILES string of the molecule is COc1ncc(-c2ccccc2)cc1[C@@H](c1ccccc1)[C@@](O)(CCN(C)C)c1cc(F)cc(F)c1. The lowest BCUT2D eigenvalue weighted by molar-refractivity contribution is 0.00322. The van der Waals surface area contributed by atoms with Gasteiger partial charge in [0.05, 0.1) is 7.11 Å². The predicted octanol–water partition coefficient (Wildman–Crippen LogP) is 6.01. The first-order valence-corrected chi connectivity index (χ1v) is 11.8. The van der Waals surface area contributed by atoms with Crippen LogP contribution >= 0.6 is 0 Å². The molecule has 0 bridgehead atoms. The number of aromatic nitrogens is 1. The molecule has 1 aromatic heterocycles. The van der Waals surface area contributed by atoms with Gasteiger partial charge in [0.1, 0.15) is 17.2 Å². The van der Waals surface area contributed by atoms with E-state index >= 15 is 0 Å². The van der Waals surface area contributed by atoms with E-state index in [1.165, 1.54) is 19.2 Å². The first-order chi connectivity index (χ1) is 17.3. The number of benzene rings is 3. The second kappa shape index (κ2) is 11.0. The highest BCUT2D eigenvalue weighted by atomic mass is 19.1. The first kappa shape index (κ1) is 25.5. The van der Waals surface area contributed by atoms with Crippen LogP contribution in [0.4, 0.5) is 8.78 Å². The van der Waals surface area contributed by atoms with Crippen LogP contribution in [0.15, 0.2) is 91.1 Å². The van der Waals surface area contributed by atoms with E-state index in [2.05, 4.69) is 4.98 Å². The fourth-order valence-electron chi connectivity index (χ4n) is 4.65. The van der Waals surface area contributed by atoms with E-state index < -0.39 is 23.2 Å². The van der Waals surface area contributed by atoms with Gasteiger partial charge in [0.25, 0.3) is 0 Å². The van der Waals surface area contributed by atoms with Crippen LogP contribution in [0, 0.1) is 11.6 Å². The number of halogens is 2. The third-order valence-corrected chi connectivity index (χ3v) is 6.40. The lowest BCUT2D eigenvalue weighted by atomic mass is 9.71. The third-order valence-electron chi connectivity index (χ3n) is 6.40. The van der Waals surface area contributed by atoms with Crippen LogP contribution in [0.5, 0.6) is 5.88 Å². The molecule has 2 atom stereocenters. The molecule has 0 radical (unpaired) electrons. The van der Waals surface area contributed by atoms with Gasteiger partial charge in [-0.15, -0.1) is 0 Å². The first-order valence-electron chi connectivity index (χ1n) is 11.8. The van der Waals surface area contributed by atoms with E-state index in [0.29, 0.717) is 18.0 Å². The Balaban J connectivity index is 2.00. The predicted molar refractivity (Wildman–Crippen MR) is 138 cm³/mol. The van der Waals surface area contributed by atoms with Crippen molar-refractivity contribution < 1.29 is 18.6 Å². The van der Waals surface area contributed by atoms with Crippen molar-refractivity contribution in [2.75, 3.05) is 27.7 Å². The smallest absolute Gasteiger partial charge is 0.217 e. The van der Waals surface area contributed by atoms with Crippen molar-refractivity contribution in [3.63, 3.8) is 0 Å². The van der Waals surface area contributed by atoms with Gasteiger partial charge >= 0.3 is 0 Å². The van der Waals surface area contributed by atoms with Crippen molar-refractivity contribution >= 4 is 0 Å². The van der Waals surface area contributed by atoms with E-state index in [-0.39, 0.29) is 12.0 Å². The molecule has 0 saturated carbocycles. The second-order valence-electron chi connectivity index (χ2n) is 9.17. The molecule has 0 saturated heterocycles. The molecular weight excluding hydrogens is 458 g/mol. The molecule has 1 N–H and O–H groups in total. The molecule has 0 unspecified atom stereocenters. The Morgan fingerprint density at radius 3 is 2.08 bits per heavy atom. The van der Waals surface area contributed by atoms with Crippen LogP contribution in [0.3, 0.4) is 0 Å². The van der Waals surface area contributed by atoms with E-state index in [4.69, 9.17) is 4.74 Å². The van der Waals surface area contributed by atoms with E-state index in [0.717, 1.165) is 22.8 Å². The zero-order valence-electron chi connectivity index (χ0n) is 20.7. The van der Waals surface area contributed by atoms with Gasteiger partial charge in [-0.05, 0) is 55.4 Å². The Hall–Kier alpha value is -3.61. The fraction of sp³-hybridized carbons (Fsp3) is 0.233. The highest BCUT2D eigenvalue weighted by Crippen LogP contribution is 2.47. The Bertz CT molecular complexity index is 1280. The van der Waals surface area contributed by atoms with Gasteiger partial charge in [-0.1, -0.05) is 60.7 Å². The maximum atomic E-state index is 14.5. The fourth-order valence-corrected chi connectivity index (χ4v) is 4.65. The van der Waals surface area contributed by atoms with E-state index in [9.17, 15) is 13.9 Å². The van der Waals surface area contributed by atoms with Crippen molar-refractivity contribution in [1.82, 2.24) is 9.88 Å². The summed E-state index contributed by atoms with van der Waals surface area (Å²) in [5.74, 6) is -1.89. The van der Waals surface area contributed by atoms with Gasteiger partial charge in [-0.3, -0.25) is 0 Å². The molecule has 186 valence electrons. The summed E-state index contributed by atoms with van der Waals surface area (Å²) in [6, 6.07) is 24.4. The van der Waals surface area contributed by atoms with Gasteiger partial charge in [0, 0.05) is 35.9 Å². The number of ether oxygens (including phenoxy) is 1. The van der Waals surface area contributed by atoms with E-state index in [1.807, 2.05) is 85.7 Å². The number of hydrogen-bond donors (Lipinski definition) is 1. The number of methoxy groups -OCH3 is 1. The highest BCUT2D eigenvalue weighted by Gasteiger charge is 2.42. The highest BCUT2D eigenvalue weighted by molar-refractivity contribution is 5.65. The van der Waals surface area contributed by atoms with Gasteiger partial charge in [0.2, 0.25) is 5.88 Å². The molecule has 0 aliphatic carbocycles. The van der Waals surface area contributed by atoms with Crippen LogP contribution in [0.25, 0.3) is 11.1 Å². The Labute approximate surface area is 210 Å². The molecule has 4 rings (SSSR count). The van der Waals surface area contributed by atoms with Crippen molar-refractivity contribution in [2.24, 2.45) is 0 Å². The average Bonchev–Trinajstić information content (AvgIpc) is 2.88. The van der Waals surface area contributed by atoms with Crippen LogP contribution in [0.2, 0.25) is 0 Å². The minimum Gasteiger partial charge on any atom is -0.481 e. The van der Waals surface area contributed by atoms with Crippen LogP contribution < -0.4 is 4.74 Å². The van der Waals surface area contributed by atoms with Crippen LogP contribution in [-0.2, 0) is 5.60 Å². The molecule has 0 amide bonds. The van der Waals surface area contributed by atoms with Gasteiger partial charge in [-0.2, -0.15) is 0 Å². The summed E-state index contributed by atoms with van der Waals surface area (Å²) < 4.78 is 34.6. The van der Waals surface area contributed by atoms with E-state index in [1.54, 1.807) is 6.20 Å². The topological polar surface area (TPSA) is 45.6 Å². The minimum absolute atomic E-state index is 0.155.